The number of carbonyl (C=O) groups excluding carboxylic acids is 2. The van der Waals surface area contributed by atoms with E-state index in [0.717, 1.165) is 18.7 Å². The van der Waals surface area contributed by atoms with Gasteiger partial charge in [0.1, 0.15) is 5.54 Å². The summed E-state index contributed by atoms with van der Waals surface area (Å²) in [7, 11) is 2.59. The number of hydrogen-bond acceptors (Lipinski definition) is 7. The van der Waals surface area contributed by atoms with Crippen molar-refractivity contribution in [3.63, 3.8) is 0 Å². The van der Waals surface area contributed by atoms with Crippen LogP contribution in [0.1, 0.15) is 37.7 Å². The predicted molar refractivity (Wildman–Crippen MR) is 110 cm³/mol. The fraction of sp³-hybridized carbons (Fsp3) is 0.652. The van der Waals surface area contributed by atoms with Gasteiger partial charge in [0.2, 0.25) is 0 Å². The molecule has 3 saturated carbocycles. The Hall–Kier alpha value is -2.16. The standard InChI is InChI=1S/C23H28N2O6/c1-30-18(27)22(29)13-20-8-9-23(22)21(10-12-24(17(20)21)11-7-16(20)26)14-5-3-4-6-15(14)25(23)19(28)31-2/h3-6,16-17,26,29H,7-13H2,1-2H3/t16-,17+,20-,21-,22-,23+/m1/s1. The van der Waals surface area contributed by atoms with E-state index >= 15 is 0 Å². The number of esters is 1. The monoisotopic (exact) mass is 428 g/mol. The lowest BCUT2D eigenvalue weighted by atomic mass is 9.37. The number of aliphatic hydroxyl groups is 2. The van der Waals surface area contributed by atoms with Gasteiger partial charge in [-0.3, -0.25) is 9.80 Å². The third-order valence-corrected chi connectivity index (χ3v) is 9.37. The molecule has 8 nitrogen and oxygen atoms in total. The van der Waals surface area contributed by atoms with E-state index in [2.05, 4.69) is 4.90 Å². The molecule has 6 aliphatic rings. The van der Waals surface area contributed by atoms with Crippen LogP contribution < -0.4 is 4.90 Å². The van der Waals surface area contributed by atoms with Crippen molar-refractivity contribution in [2.75, 3.05) is 32.2 Å². The van der Waals surface area contributed by atoms with Crippen LogP contribution >= 0.6 is 0 Å². The lowest BCUT2D eigenvalue weighted by Crippen LogP contribution is -2.87. The predicted octanol–water partition coefficient (Wildman–Crippen LogP) is 1.18. The van der Waals surface area contributed by atoms with E-state index in [-0.39, 0.29) is 12.5 Å². The summed E-state index contributed by atoms with van der Waals surface area (Å²) >= 11 is 0. The van der Waals surface area contributed by atoms with Gasteiger partial charge in [0.25, 0.3) is 0 Å². The molecule has 6 atom stereocenters. The molecule has 1 aromatic carbocycles. The smallest absolute Gasteiger partial charge is 0.414 e. The van der Waals surface area contributed by atoms with E-state index < -0.39 is 40.1 Å². The molecule has 3 aliphatic heterocycles. The van der Waals surface area contributed by atoms with Gasteiger partial charge in [-0.05, 0) is 50.3 Å². The Labute approximate surface area is 180 Å². The molecule has 166 valence electrons. The molecule has 31 heavy (non-hydrogen) atoms. The van der Waals surface area contributed by atoms with Gasteiger partial charge in [-0.2, -0.15) is 0 Å². The summed E-state index contributed by atoms with van der Waals surface area (Å²) < 4.78 is 10.4. The summed E-state index contributed by atoms with van der Waals surface area (Å²) in [5.41, 5.74) is -2.90. The van der Waals surface area contributed by atoms with Crippen molar-refractivity contribution in [2.24, 2.45) is 5.41 Å². The number of anilines is 1. The van der Waals surface area contributed by atoms with Gasteiger partial charge < -0.3 is 19.7 Å². The number of fused-ring (bicyclic) bond motifs is 3. The lowest BCUT2D eigenvalue weighted by molar-refractivity contribution is -0.248. The van der Waals surface area contributed by atoms with Gasteiger partial charge in [-0.1, -0.05) is 18.2 Å². The second-order valence-corrected chi connectivity index (χ2v) is 9.91. The molecule has 0 unspecified atom stereocenters. The van der Waals surface area contributed by atoms with Gasteiger partial charge in [0.05, 0.1) is 26.0 Å². The summed E-state index contributed by atoms with van der Waals surface area (Å²) in [5.74, 6) is -0.748. The number of hydrogen-bond donors (Lipinski definition) is 2. The number of methoxy groups -OCH3 is 2. The number of aliphatic hydroxyl groups excluding tert-OH is 1. The molecule has 1 amide bonds. The van der Waals surface area contributed by atoms with Crippen LogP contribution in [0.4, 0.5) is 10.5 Å². The van der Waals surface area contributed by atoms with E-state index in [0.29, 0.717) is 31.4 Å². The minimum absolute atomic E-state index is 0.0677. The minimum atomic E-state index is -1.96. The van der Waals surface area contributed by atoms with E-state index in [4.69, 9.17) is 9.47 Å². The van der Waals surface area contributed by atoms with E-state index in [9.17, 15) is 19.8 Å². The Balaban J connectivity index is 1.74. The zero-order chi connectivity index (χ0) is 21.8. The summed E-state index contributed by atoms with van der Waals surface area (Å²) in [4.78, 5) is 30.6. The van der Waals surface area contributed by atoms with Crippen molar-refractivity contribution >= 4 is 17.7 Å². The topological polar surface area (TPSA) is 99.5 Å². The van der Waals surface area contributed by atoms with E-state index in [1.807, 2.05) is 24.3 Å². The third-order valence-electron chi connectivity index (χ3n) is 9.37. The second-order valence-electron chi connectivity index (χ2n) is 9.91. The first-order valence-electron chi connectivity index (χ1n) is 11.0. The molecule has 0 aromatic heterocycles. The molecule has 3 heterocycles. The molecule has 1 aromatic rings. The van der Waals surface area contributed by atoms with E-state index in [1.54, 1.807) is 4.90 Å². The van der Waals surface area contributed by atoms with Gasteiger partial charge in [-0.25, -0.2) is 9.59 Å². The zero-order valence-electron chi connectivity index (χ0n) is 17.8. The van der Waals surface area contributed by atoms with Gasteiger partial charge in [0.15, 0.2) is 5.60 Å². The van der Waals surface area contributed by atoms with Crippen LogP contribution in [0, 0.1) is 5.41 Å². The Morgan fingerprint density at radius 3 is 2.61 bits per heavy atom. The summed E-state index contributed by atoms with van der Waals surface area (Å²) in [6.07, 6.45) is 1.17. The molecule has 2 N–H and O–H groups in total. The maximum atomic E-state index is 13.3. The maximum absolute atomic E-state index is 13.3. The summed E-state index contributed by atoms with van der Waals surface area (Å²) in [6.45, 7) is 1.56. The van der Waals surface area contributed by atoms with Crippen LogP contribution in [-0.4, -0.2) is 77.8 Å². The number of amides is 1. The molecule has 3 aliphatic carbocycles. The van der Waals surface area contributed by atoms with Crippen molar-refractivity contribution < 1.29 is 29.3 Å². The zero-order valence-corrected chi connectivity index (χ0v) is 17.8. The number of ether oxygens (including phenoxy) is 2. The highest BCUT2D eigenvalue weighted by molar-refractivity contribution is 5.99. The molecule has 2 saturated heterocycles. The molecule has 2 bridgehead atoms. The highest BCUT2D eigenvalue weighted by atomic mass is 16.6. The highest BCUT2D eigenvalue weighted by Crippen LogP contribution is 2.76. The molecule has 7 rings (SSSR count). The number of para-hydroxylation sites is 1. The van der Waals surface area contributed by atoms with Gasteiger partial charge in [0, 0.05) is 23.4 Å². The molecule has 5 fully saturated rings. The first kappa shape index (κ1) is 19.5. The fourth-order valence-electron chi connectivity index (χ4n) is 8.63. The van der Waals surface area contributed by atoms with Crippen molar-refractivity contribution in [1.82, 2.24) is 4.90 Å². The Bertz CT molecular complexity index is 1000. The van der Waals surface area contributed by atoms with Crippen molar-refractivity contribution in [3.8, 4) is 0 Å². The lowest BCUT2D eigenvalue weighted by Gasteiger charge is -2.72. The number of rotatable bonds is 1. The van der Waals surface area contributed by atoms with Crippen molar-refractivity contribution in [1.29, 1.82) is 0 Å². The van der Waals surface area contributed by atoms with Crippen LogP contribution in [0.15, 0.2) is 24.3 Å². The fourth-order valence-corrected chi connectivity index (χ4v) is 8.63. The average molecular weight is 428 g/mol. The maximum Gasteiger partial charge on any atom is 0.414 e. The van der Waals surface area contributed by atoms with Crippen molar-refractivity contribution in [3.05, 3.63) is 29.8 Å². The number of carbonyl (C=O) groups is 2. The number of nitrogens with zero attached hydrogens (tertiary/aromatic N) is 2. The average Bonchev–Trinajstić information content (AvgIpc) is 3.31. The van der Waals surface area contributed by atoms with Gasteiger partial charge in [-0.15, -0.1) is 0 Å². The Morgan fingerprint density at radius 1 is 1.10 bits per heavy atom. The third kappa shape index (κ3) is 1.76. The molecular formula is C23H28N2O6. The summed E-state index contributed by atoms with van der Waals surface area (Å²) in [5, 5.41) is 23.6. The Morgan fingerprint density at radius 2 is 1.87 bits per heavy atom. The largest absolute Gasteiger partial charge is 0.467 e. The first-order valence-corrected chi connectivity index (χ1v) is 11.0. The molecular weight excluding hydrogens is 400 g/mol. The Kier molecular flexibility index (Phi) is 3.65. The number of benzene rings is 1. The van der Waals surface area contributed by atoms with Crippen molar-refractivity contribution in [2.45, 2.75) is 60.8 Å². The molecule has 3 spiro atoms. The summed E-state index contributed by atoms with van der Waals surface area (Å²) in [6, 6.07) is 7.61. The molecule has 8 heteroatoms. The molecule has 0 radical (unpaired) electrons. The quantitative estimate of drug-likeness (QED) is 0.648. The van der Waals surface area contributed by atoms with Crippen LogP contribution in [0.5, 0.6) is 0 Å². The SMILES string of the molecule is COC(=O)N1c2ccccc2[C@@]23CCN4CC[C@@H](O)[C@]5(CC[C@]12[C@](O)(C(=O)OC)C5)[C@H]43. The first-order chi connectivity index (χ1) is 14.8. The highest BCUT2D eigenvalue weighted by Gasteiger charge is 2.87. The van der Waals surface area contributed by atoms with E-state index in [1.165, 1.54) is 14.2 Å². The van der Waals surface area contributed by atoms with Crippen LogP contribution in [-0.2, 0) is 19.7 Å². The normalized spacial score (nSPS) is 44.5. The second kappa shape index (κ2) is 5.79. The minimum Gasteiger partial charge on any atom is -0.467 e. The number of piperidine rings is 1. The van der Waals surface area contributed by atoms with Gasteiger partial charge >= 0.3 is 12.1 Å². The van der Waals surface area contributed by atoms with Crippen LogP contribution in [0.2, 0.25) is 0 Å². The van der Waals surface area contributed by atoms with Crippen LogP contribution in [0.25, 0.3) is 0 Å². The van der Waals surface area contributed by atoms with Crippen LogP contribution in [0.3, 0.4) is 0 Å².